The minimum atomic E-state index is -0.429. The zero-order valence-corrected chi connectivity index (χ0v) is 16.1. The fraction of sp³-hybridized carbons (Fsp3) is 0.650. The van der Waals surface area contributed by atoms with E-state index in [-0.39, 0.29) is 11.5 Å². The third-order valence-electron chi connectivity index (χ3n) is 4.22. The van der Waals surface area contributed by atoms with Gasteiger partial charge in [-0.1, -0.05) is 45.0 Å². The van der Waals surface area contributed by atoms with Crippen LogP contribution >= 0.6 is 0 Å². The Morgan fingerprint density at radius 3 is 2.21 bits per heavy atom. The van der Waals surface area contributed by atoms with Crippen LogP contribution < -0.4 is 0 Å². The lowest BCUT2D eigenvalue weighted by Crippen LogP contribution is -2.49. The van der Waals surface area contributed by atoms with Crippen molar-refractivity contribution < 1.29 is 9.53 Å². The lowest BCUT2D eigenvalue weighted by molar-refractivity contribution is 0.0139. The van der Waals surface area contributed by atoms with Gasteiger partial charge in [0.05, 0.1) is 0 Å². The molecule has 4 nitrogen and oxygen atoms in total. The molecule has 1 aromatic carbocycles. The molecule has 1 saturated heterocycles. The van der Waals surface area contributed by atoms with Gasteiger partial charge in [-0.25, -0.2) is 4.79 Å². The van der Waals surface area contributed by atoms with Crippen molar-refractivity contribution in [3.63, 3.8) is 0 Å². The summed E-state index contributed by atoms with van der Waals surface area (Å²) in [5.41, 5.74) is 2.45. The normalized spacial score (nSPS) is 17.0. The van der Waals surface area contributed by atoms with E-state index in [0.29, 0.717) is 0 Å². The average molecular weight is 332 g/mol. The molecule has 2 rings (SSSR count). The van der Waals surface area contributed by atoms with E-state index in [9.17, 15) is 4.79 Å². The Hall–Kier alpha value is -1.55. The molecule has 0 aromatic heterocycles. The summed E-state index contributed by atoms with van der Waals surface area (Å²) in [7, 11) is 0. The van der Waals surface area contributed by atoms with Crippen molar-refractivity contribution in [2.24, 2.45) is 0 Å². The van der Waals surface area contributed by atoms with Crippen LogP contribution in [0.5, 0.6) is 0 Å². The molecule has 1 aliphatic rings. The molecular formula is C20H32N2O2. The number of piperazine rings is 1. The number of ether oxygens (including phenoxy) is 1. The van der Waals surface area contributed by atoms with E-state index in [0.717, 1.165) is 32.7 Å². The van der Waals surface area contributed by atoms with Gasteiger partial charge in [0, 0.05) is 32.7 Å². The molecular weight excluding hydrogens is 300 g/mol. The molecule has 24 heavy (non-hydrogen) atoms. The lowest BCUT2D eigenvalue weighted by atomic mass is 9.86. The summed E-state index contributed by atoms with van der Waals surface area (Å²) in [6.07, 6.45) is -0.197. The first kappa shape index (κ1) is 18.8. The molecule has 0 bridgehead atoms. The van der Waals surface area contributed by atoms with E-state index in [4.69, 9.17) is 4.74 Å². The predicted molar refractivity (Wildman–Crippen MR) is 98.2 cm³/mol. The van der Waals surface area contributed by atoms with E-state index in [2.05, 4.69) is 49.9 Å². The molecule has 1 aromatic rings. The van der Waals surface area contributed by atoms with Crippen LogP contribution in [0.15, 0.2) is 24.3 Å². The molecule has 4 heteroatoms. The second-order valence-corrected chi connectivity index (χ2v) is 8.69. The highest BCUT2D eigenvalue weighted by Crippen LogP contribution is 2.23. The monoisotopic (exact) mass is 332 g/mol. The quantitative estimate of drug-likeness (QED) is 0.819. The van der Waals surface area contributed by atoms with E-state index < -0.39 is 5.60 Å². The van der Waals surface area contributed by atoms with Crippen molar-refractivity contribution in [1.82, 2.24) is 9.80 Å². The second-order valence-electron chi connectivity index (χ2n) is 8.69. The molecule has 1 fully saturated rings. The van der Waals surface area contributed by atoms with E-state index in [1.165, 1.54) is 11.1 Å². The highest BCUT2D eigenvalue weighted by Gasteiger charge is 2.26. The number of hydrogen-bond acceptors (Lipinski definition) is 3. The summed E-state index contributed by atoms with van der Waals surface area (Å²) in [5, 5.41) is 0. The van der Waals surface area contributed by atoms with Crippen molar-refractivity contribution in [2.75, 3.05) is 26.2 Å². The standard InChI is InChI=1S/C20H32N2O2/c1-19(2,3)17-9-7-8-16(14-17)15-21-10-12-22(13-11-21)18(23)24-20(4,5)6/h7-9,14H,10-13,15H2,1-6H3. The third-order valence-corrected chi connectivity index (χ3v) is 4.22. The summed E-state index contributed by atoms with van der Waals surface area (Å²) in [5.74, 6) is 0. The van der Waals surface area contributed by atoms with Crippen LogP contribution in [-0.4, -0.2) is 47.7 Å². The first-order valence-corrected chi connectivity index (χ1v) is 8.84. The Bertz CT molecular complexity index is 562. The molecule has 0 aliphatic carbocycles. The average Bonchev–Trinajstić information content (AvgIpc) is 2.45. The number of carbonyl (C=O) groups is 1. The van der Waals surface area contributed by atoms with Crippen molar-refractivity contribution in [1.29, 1.82) is 0 Å². The van der Waals surface area contributed by atoms with Crippen molar-refractivity contribution >= 4 is 6.09 Å². The topological polar surface area (TPSA) is 32.8 Å². The molecule has 0 unspecified atom stereocenters. The van der Waals surface area contributed by atoms with Gasteiger partial charge in [-0.2, -0.15) is 0 Å². The van der Waals surface area contributed by atoms with Crippen molar-refractivity contribution in [3.05, 3.63) is 35.4 Å². The Morgan fingerprint density at radius 2 is 1.67 bits per heavy atom. The number of amides is 1. The van der Waals surface area contributed by atoms with Crippen molar-refractivity contribution in [2.45, 2.75) is 59.1 Å². The van der Waals surface area contributed by atoms with Gasteiger partial charge >= 0.3 is 6.09 Å². The second kappa shape index (κ2) is 7.14. The Labute approximate surface area is 146 Å². The fourth-order valence-corrected chi connectivity index (χ4v) is 2.81. The Morgan fingerprint density at radius 1 is 1.04 bits per heavy atom. The van der Waals surface area contributed by atoms with Crippen molar-refractivity contribution in [3.8, 4) is 0 Å². The predicted octanol–water partition coefficient (Wildman–Crippen LogP) is 4.04. The van der Waals surface area contributed by atoms with Gasteiger partial charge in [-0.15, -0.1) is 0 Å². The first-order valence-electron chi connectivity index (χ1n) is 8.84. The van der Waals surface area contributed by atoms with Crippen LogP contribution in [0.1, 0.15) is 52.7 Å². The lowest BCUT2D eigenvalue weighted by Gasteiger charge is -2.35. The maximum atomic E-state index is 12.1. The number of nitrogens with zero attached hydrogens (tertiary/aromatic N) is 2. The highest BCUT2D eigenvalue weighted by molar-refractivity contribution is 5.68. The van der Waals surface area contributed by atoms with Gasteiger partial charge in [-0.05, 0) is 37.3 Å². The van der Waals surface area contributed by atoms with E-state index in [1.807, 2.05) is 25.7 Å². The minimum absolute atomic E-state index is 0.172. The highest BCUT2D eigenvalue weighted by atomic mass is 16.6. The Balaban J connectivity index is 1.88. The summed E-state index contributed by atoms with van der Waals surface area (Å²) in [6.45, 7) is 16.6. The SMILES string of the molecule is CC(C)(C)OC(=O)N1CCN(Cc2cccc(C(C)(C)C)c2)CC1. The maximum Gasteiger partial charge on any atom is 0.410 e. The number of carbonyl (C=O) groups excluding carboxylic acids is 1. The molecule has 1 amide bonds. The number of hydrogen-bond donors (Lipinski definition) is 0. The van der Waals surface area contributed by atoms with Crippen LogP contribution in [-0.2, 0) is 16.7 Å². The summed E-state index contributed by atoms with van der Waals surface area (Å²) in [6, 6.07) is 8.84. The molecule has 0 atom stereocenters. The number of rotatable bonds is 2. The minimum Gasteiger partial charge on any atom is -0.444 e. The molecule has 0 spiro atoms. The van der Waals surface area contributed by atoms with Gasteiger partial charge in [0.25, 0.3) is 0 Å². The molecule has 0 radical (unpaired) electrons. The molecule has 134 valence electrons. The van der Waals surface area contributed by atoms with E-state index in [1.54, 1.807) is 0 Å². The first-order chi connectivity index (χ1) is 11.0. The molecule has 0 saturated carbocycles. The van der Waals surface area contributed by atoms with Crippen LogP contribution in [0, 0.1) is 0 Å². The smallest absolute Gasteiger partial charge is 0.410 e. The molecule has 1 heterocycles. The van der Waals surface area contributed by atoms with E-state index >= 15 is 0 Å². The van der Waals surface area contributed by atoms with Gasteiger partial charge < -0.3 is 9.64 Å². The summed E-state index contributed by atoms with van der Waals surface area (Å²) >= 11 is 0. The Kier molecular flexibility index (Phi) is 5.59. The van der Waals surface area contributed by atoms with Gasteiger partial charge in [-0.3, -0.25) is 4.90 Å². The zero-order valence-electron chi connectivity index (χ0n) is 16.1. The number of benzene rings is 1. The largest absolute Gasteiger partial charge is 0.444 e. The van der Waals surface area contributed by atoms with Gasteiger partial charge in [0.15, 0.2) is 0 Å². The van der Waals surface area contributed by atoms with Gasteiger partial charge in [0.2, 0.25) is 0 Å². The summed E-state index contributed by atoms with van der Waals surface area (Å²) < 4.78 is 5.45. The van der Waals surface area contributed by atoms with Crippen LogP contribution in [0.2, 0.25) is 0 Å². The molecule has 1 aliphatic heterocycles. The van der Waals surface area contributed by atoms with Crippen LogP contribution in [0.25, 0.3) is 0 Å². The third kappa shape index (κ3) is 5.52. The zero-order chi connectivity index (χ0) is 18.0. The molecule has 0 N–H and O–H groups in total. The van der Waals surface area contributed by atoms with Gasteiger partial charge in [0.1, 0.15) is 5.60 Å². The fourth-order valence-electron chi connectivity index (χ4n) is 2.81. The van der Waals surface area contributed by atoms with Crippen LogP contribution in [0.3, 0.4) is 0 Å². The summed E-state index contributed by atoms with van der Waals surface area (Å²) in [4.78, 5) is 16.3. The maximum absolute atomic E-state index is 12.1. The van der Waals surface area contributed by atoms with Crippen LogP contribution in [0.4, 0.5) is 4.79 Å².